The van der Waals surface area contributed by atoms with Gasteiger partial charge >= 0.3 is 0 Å². The van der Waals surface area contributed by atoms with E-state index in [0.717, 1.165) is 25.9 Å². The maximum atomic E-state index is 9.22. The van der Waals surface area contributed by atoms with E-state index in [9.17, 15) is 13.0 Å². The maximum absolute atomic E-state index is 9.22. The molecule has 0 saturated carbocycles. The summed E-state index contributed by atoms with van der Waals surface area (Å²) in [7, 11) is -3.60. The van der Waals surface area contributed by atoms with Crippen molar-refractivity contribution >= 4 is 16.6 Å². The van der Waals surface area contributed by atoms with E-state index >= 15 is 0 Å². The second-order valence-corrected chi connectivity index (χ2v) is 3.57. The van der Waals surface area contributed by atoms with Crippen LogP contribution in [0.5, 0.6) is 0 Å². The van der Waals surface area contributed by atoms with E-state index < -0.39 is 10.4 Å². The molecule has 15 heavy (non-hydrogen) atoms. The van der Waals surface area contributed by atoms with E-state index in [1.807, 2.05) is 6.20 Å². The SMILES string of the molecule is CCCOC1=C[NH2+]N=C1.COS(=O)(=O)[O-]. The van der Waals surface area contributed by atoms with Gasteiger partial charge in [0, 0.05) is 0 Å². The van der Waals surface area contributed by atoms with E-state index in [1.165, 1.54) is 0 Å². The van der Waals surface area contributed by atoms with Crippen LogP contribution in [0.2, 0.25) is 0 Å². The number of nitrogens with two attached hydrogens (primary N) is 1. The molecule has 0 aromatic carbocycles. The minimum atomic E-state index is -4.41. The van der Waals surface area contributed by atoms with Crippen molar-refractivity contribution in [2.45, 2.75) is 13.3 Å². The van der Waals surface area contributed by atoms with E-state index in [1.54, 1.807) is 11.6 Å². The Morgan fingerprint density at radius 3 is 2.53 bits per heavy atom. The Hall–Kier alpha value is -0.960. The highest BCUT2D eigenvalue weighted by Gasteiger charge is 2.00. The molecule has 2 N–H and O–H groups in total. The molecule has 0 radical (unpaired) electrons. The third-order valence-corrected chi connectivity index (χ3v) is 1.61. The molecule has 0 spiro atoms. The summed E-state index contributed by atoms with van der Waals surface area (Å²) in [4.78, 5) is 0. The fraction of sp³-hybridized carbons (Fsp3) is 0.571. The number of hydrogen-bond donors (Lipinski definition) is 1. The standard InChI is InChI=1S/C6H10N2O.CH4O4S/c1-2-3-9-6-4-7-8-5-6;1-5-6(2,3)4/h4-5H,2-3H2,1H3,(H,7,8);1H3,(H,2,3,4). The highest BCUT2D eigenvalue weighted by atomic mass is 32.3. The van der Waals surface area contributed by atoms with Crippen molar-refractivity contribution in [2.24, 2.45) is 5.10 Å². The molecule has 0 unspecified atom stereocenters. The molecule has 0 saturated heterocycles. The molecule has 1 aliphatic heterocycles. The van der Waals surface area contributed by atoms with Crippen LogP contribution in [0.25, 0.3) is 0 Å². The fourth-order valence-corrected chi connectivity index (χ4v) is 0.581. The van der Waals surface area contributed by atoms with Gasteiger partial charge in [-0.3, -0.25) is 4.18 Å². The number of rotatable bonds is 4. The van der Waals surface area contributed by atoms with Crippen molar-refractivity contribution in [3.63, 3.8) is 0 Å². The molecule has 1 heterocycles. The van der Waals surface area contributed by atoms with Gasteiger partial charge in [-0.1, -0.05) is 12.0 Å². The molecule has 0 atom stereocenters. The van der Waals surface area contributed by atoms with Gasteiger partial charge in [-0.2, -0.15) is 5.43 Å². The lowest BCUT2D eigenvalue weighted by molar-refractivity contribution is -0.590. The number of quaternary nitrogens is 1. The summed E-state index contributed by atoms with van der Waals surface area (Å²) in [5, 5.41) is 3.85. The minimum Gasteiger partial charge on any atom is -0.726 e. The number of ether oxygens (including phenoxy) is 1. The van der Waals surface area contributed by atoms with Crippen molar-refractivity contribution < 1.29 is 27.3 Å². The van der Waals surface area contributed by atoms with Crippen LogP contribution >= 0.6 is 0 Å². The molecule has 1 aliphatic rings. The third-order valence-electron chi connectivity index (χ3n) is 1.20. The molecule has 8 heteroatoms. The van der Waals surface area contributed by atoms with Gasteiger partial charge < -0.3 is 9.29 Å². The average molecular weight is 238 g/mol. The first-order valence-corrected chi connectivity index (χ1v) is 5.54. The third kappa shape index (κ3) is 9.35. The summed E-state index contributed by atoms with van der Waals surface area (Å²) in [6.07, 6.45) is 4.62. The Morgan fingerprint density at radius 1 is 1.60 bits per heavy atom. The van der Waals surface area contributed by atoms with Crippen LogP contribution in [0.15, 0.2) is 17.1 Å². The Kier molecular flexibility index (Phi) is 6.88. The summed E-state index contributed by atoms with van der Waals surface area (Å²) >= 11 is 0. The minimum absolute atomic E-state index is 0.783. The summed E-state index contributed by atoms with van der Waals surface area (Å²) in [5.41, 5.74) is 1.73. The largest absolute Gasteiger partial charge is 0.726 e. The fourth-order valence-electron chi connectivity index (χ4n) is 0.581. The molecular formula is C7H14N2O5S. The first kappa shape index (κ1) is 14.0. The van der Waals surface area contributed by atoms with E-state index in [4.69, 9.17) is 4.74 Å². The average Bonchev–Trinajstić information content (AvgIpc) is 2.67. The van der Waals surface area contributed by atoms with Crippen LogP contribution < -0.4 is 5.43 Å². The zero-order valence-electron chi connectivity index (χ0n) is 8.54. The van der Waals surface area contributed by atoms with Crippen LogP contribution in [0.3, 0.4) is 0 Å². The zero-order chi connectivity index (χ0) is 11.7. The second kappa shape index (κ2) is 7.35. The number of allylic oxidation sites excluding steroid dienone is 1. The van der Waals surface area contributed by atoms with Gasteiger partial charge in [0.15, 0.2) is 12.0 Å². The lowest BCUT2D eigenvalue weighted by atomic mass is 10.5. The van der Waals surface area contributed by atoms with E-state index in [-0.39, 0.29) is 0 Å². The first-order chi connectivity index (χ1) is 6.99. The van der Waals surface area contributed by atoms with E-state index in [2.05, 4.69) is 16.2 Å². The molecule has 88 valence electrons. The van der Waals surface area contributed by atoms with Crippen LogP contribution in [0.1, 0.15) is 13.3 Å². The Balaban J connectivity index is 0.000000288. The first-order valence-electron chi connectivity index (χ1n) is 4.20. The highest BCUT2D eigenvalue weighted by Crippen LogP contribution is 1.93. The van der Waals surface area contributed by atoms with Crippen LogP contribution in [-0.4, -0.2) is 32.9 Å². The summed E-state index contributed by atoms with van der Waals surface area (Å²) in [6, 6.07) is 0. The zero-order valence-corrected chi connectivity index (χ0v) is 9.36. The molecular weight excluding hydrogens is 224 g/mol. The molecule has 0 aliphatic carbocycles. The summed E-state index contributed by atoms with van der Waals surface area (Å²) in [5.74, 6) is 0.872. The van der Waals surface area contributed by atoms with Gasteiger partial charge in [0.1, 0.15) is 6.21 Å². The van der Waals surface area contributed by atoms with Crippen LogP contribution in [-0.2, 0) is 19.3 Å². The van der Waals surface area contributed by atoms with Gasteiger partial charge in [-0.05, 0) is 6.42 Å². The normalized spacial score (nSPS) is 14.2. The van der Waals surface area contributed by atoms with Gasteiger partial charge in [0.05, 0.1) is 13.7 Å². The van der Waals surface area contributed by atoms with Crippen LogP contribution in [0.4, 0.5) is 0 Å². The Labute approximate surface area is 88.7 Å². The predicted octanol–water partition coefficient (Wildman–Crippen LogP) is -1.09. The molecule has 7 nitrogen and oxygen atoms in total. The Bertz CT molecular complexity index is 322. The van der Waals surface area contributed by atoms with Gasteiger partial charge in [-0.15, -0.1) is 0 Å². The van der Waals surface area contributed by atoms with Crippen molar-refractivity contribution in [2.75, 3.05) is 13.7 Å². The van der Waals surface area contributed by atoms with Crippen LogP contribution in [0, 0.1) is 0 Å². The Morgan fingerprint density at radius 2 is 2.20 bits per heavy atom. The van der Waals surface area contributed by atoms with Crippen molar-refractivity contribution in [3.8, 4) is 0 Å². The summed E-state index contributed by atoms with van der Waals surface area (Å²) < 4.78 is 36.3. The molecule has 0 aromatic rings. The number of hydrogen-bond acceptors (Lipinski definition) is 6. The smallest absolute Gasteiger partial charge is 0.217 e. The lowest BCUT2D eigenvalue weighted by Gasteiger charge is -1.98. The lowest BCUT2D eigenvalue weighted by Crippen LogP contribution is -2.69. The quantitative estimate of drug-likeness (QED) is 0.380. The molecule has 0 amide bonds. The summed E-state index contributed by atoms with van der Waals surface area (Å²) in [6.45, 7) is 2.86. The van der Waals surface area contributed by atoms with Crippen molar-refractivity contribution in [1.29, 1.82) is 0 Å². The monoisotopic (exact) mass is 238 g/mol. The van der Waals surface area contributed by atoms with E-state index in [0.29, 0.717) is 0 Å². The molecule has 0 bridgehead atoms. The second-order valence-electron chi connectivity index (χ2n) is 2.42. The molecule has 0 aromatic heterocycles. The molecule has 1 rings (SSSR count). The highest BCUT2D eigenvalue weighted by molar-refractivity contribution is 7.80. The molecule has 0 fully saturated rings. The maximum Gasteiger partial charge on any atom is 0.217 e. The van der Waals surface area contributed by atoms with Gasteiger partial charge in [0.2, 0.25) is 10.4 Å². The topological polar surface area (TPSA) is 105 Å². The van der Waals surface area contributed by atoms with Gasteiger partial charge in [-0.25, -0.2) is 8.42 Å². The van der Waals surface area contributed by atoms with Crippen molar-refractivity contribution in [3.05, 3.63) is 12.0 Å². The van der Waals surface area contributed by atoms with Crippen molar-refractivity contribution in [1.82, 2.24) is 0 Å². The predicted molar refractivity (Wildman–Crippen MR) is 51.4 cm³/mol. The number of nitrogens with zero attached hydrogens (tertiary/aromatic N) is 1. The van der Waals surface area contributed by atoms with Gasteiger partial charge in [0.25, 0.3) is 0 Å².